The molecule has 0 atom stereocenters. The lowest BCUT2D eigenvalue weighted by atomic mass is 9.87. The Morgan fingerprint density at radius 2 is 1.71 bits per heavy atom. The third-order valence-corrected chi connectivity index (χ3v) is 6.77. The predicted molar refractivity (Wildman–Crippen MR) is 141 cm³/mol. The van der Waals surface area contributed by atoms with Crippen LogP contribution in [0, 0.1) is 5.92 Å². The van der Waals surface area contributed by atoms with Crippen LogP contribution in [0.2, 0.25) is 0 Å². The van der Waals surface area contributed by atoms with Crippen LogP contribution in [0.15, 0.2) is 66.7 Å². The Balaban J connectivity index is 1.31. The molecular formula is C28H32N6O. The van der Waals surface area contributed by atoms with Gasteiger partial charge in [-0.1, -0.05) is 25.1 Å². The van der Waals surface area contributed by atoms with E-state index < -0.39 is 0 Å². The molecule has 180 valence electrons. The van der Waals surface area contributed by atoms with Gasteiger partial charge in [0, 0.05) is 42.6 Å². The first-order valence-electron chi connectivity index (χ1n) is 12.3. The Kier molecular flexibility index (Phi) is 6.40. The van der Waals surface area contributed by atoms with Gasteiger partial charge in [0.2, 0.25) is 5.95 Å². The number of aromatic nitrogens is 3. The molecule has 2 heterocycles. The number of rotatable bonds is 6. The highest BCUT2D eigenvalue weighted by atomic mass is 16.1. The summed E-state index contributed by atoms with van der Waals surface area (Å²) in [5, 5.41) is 11.2. The number of carbonyl (C=O) groups is 1. The third-order valence-electron chi connectivity index (χ3n) is 6.77. The van der Waals surface area contributed by atoms with Crippen LogP contribution in [0.25, 0.3) is 16.9 Å². The summed E-state index contributed by atoms with van der Waals surface area (Å²) < 4.78 is 1.85. The third kappa shape index (κ3) is 5.14. The van der Waals surface area contributed by atoms with Gasteiger partial charge in [-0.2, -0.15) is 4.98 Å². The number of nitrogens with zero attached hydrogens (tertiary/aromatic N) is 4. The minimum atomic E-state index is -0.00782. The first-order valence-corrected chi connectivity index (χ1v) is 12.3. The summed E-state index contributed by atoms with van der Waals surface area (Å²) in [4.78, 5) is 19.4. The van der Waals surface area contributed by atoms with Crippen LogP contribution in [0.5, 0.6) is 0 Å². The average molecular weight is 469 g/mol. The quantitative estimate of drug-likeness (QED) is 0.390. The molecule has 1 fully saturated rings. The Morgan fingerprint density at radius 3 is 2.46 bits per heavy atom. The molecule has 1 amide bonds. The number of fused-ring (bicyclic) bond motifs is 1. The molecule has 4 aromatic rings. The van der Waals surface area contributed by atoms with Gasteiger partial charge in [-0.25, -0.2) is 4.52 Å². The Bertz CT molecular complexity index is 1320. The van der Waals surface area contributed by atoms with E-state index in [0.29, 0.717) is 11.5 Å². The number of pyridine rings is 1. The van der Waals surface area contributed by atoms with Crippen LogP contribution in [0.4, 0.5) is 17.3 Å². The van der Waals surface area contributed by atoms with E-state index >= 15 is 0 Å². The zero-order valence-electron chi connectivity index (χ0n) is 20.5. The molecule has 5 rings (SSSR count). The van der Waals surface area contributed by atoms with Crippen molar-refractivity contribution in [1.29, 1.82) is 0 Å². The van der Waals surface area contributed by atoms with Crippen LogP contribution in [0.1, 0.15) is 43.0 Å². The van der Waals surface area contributed by atoms with Gasteiger partial charge in [0.05, 0.1) is 5.69 Å². The summed E-state index contributed by atoms with van der Waals surface area (Å²) >= 11 is 0. The van der Waals surface area contributed by atoms with E-state index in [9.17, 15) is 4.79 Å². The molecule has 35 heavy (non-hydrogen) atoms. The van der Waals surface area contributed by atoms with Crippen LogP contribution in [-0.4, -0.2) is 40.6 Å². The summed E-state index contributed by atoms with van der Waals surface area (Å²) in [7, 11) is 4.06. The van der Waals surface area contributed by atoms with E-state index in [4.69, 9.17) is 5.10 Å². The van der Waals surface area contributed by atoms with E-state index in [2.05, 4.69) is 45.6 Å². The van der Waals surface area contributed by atoms with Gasteiger partial charge < -0.3 is 15.5 Å². The van der Waals surface area contributed by atoms with E-state index in [1.54, 1.807) is 0 Å². The van der Waals surface area contributed by atoms with Crippen LogP contribution < -0.4 is 15.5 Å². The van der Waals surface area contributed by atoms with Crippen LogP contribution >= 0.6 is 0 Å². The Morgan fingerprint density at radius 1 is 0.971 bits per heavy atom. The molecular weight excluding hydrogens is 436 g/mol. The average Bonchev–Trinajstić information content (AvgIpc) is 3.28. The van der Waals surface area contributed by atoms with Gasteiger partial charge in [0.15, 0.2) is 5.65 Å². The summed E-state index contributed by atoms with van der Waals surface area (Å²) in [5.41, 5.74) is 5.43. The second-order valence-corrected chi connectivity index (χ2v) is 9.69. The summed E-state index contributed by atoms with van der Waals surface area (Å²) in [6.07, 6.45) is 4.49. The fourth-order valence-electron chi connectivity index (χ4n) is 4.63. The van der Waals surface area contributed by atoms with Crippen molar-refractivity contribution in [2.45, 2.75) is 38.6 Å². The molecule has 1 aliphatic carbocycles. The Hall–Kier alpha value is -3.87. The maximum absolute atomic E-state index is 12.7. The largest absolute Gasteiger partial charge is 0.378 e. The van der Waals surface area contributed by atoms with Crippen molar-refractivity contribution >= 4 is 28.9 Å². The van der Waals surface area contributed by atoms with Crippen molar-refractivity contribution in [3.8, 4) is 11.3 Å². The van der Waals surface area contributed by atoms with E-state index in [0.717, 1.165) is 47.0 Å². The maximum atomic E-state index is 12.7. The number of nitrogens with one attached hydrogen (secondary N) is 2. The molecule has 2 N–H and O–H groups in total. The summed E-state index contributed by atoms with van der Waals surface area (Å²) in [5.74, 6) is 1.27. The molecule has 2 aromatic carbocycles. The highest BCUT2D eigenvalue weighted by molar-refractivity contribution is 5.94. The first kappa shape index (κ1) is 22.9. The second-order valence-electron chi connectivity index (χ2n) is 9.69. The van der Waals surface area contributed by atoms with Gasteiger partial charge >= 0.3 is 0 Å². The zero-order valence-corrected chi connectivity index (χ0v) is 20.5. The fourth-order valence-corrected chi connectivity index (χ4v) is 4.63. The highest BCUT2D eigenvalue weighted by Crippen LogP contribution is 2.26. The van der Waals surface area contributed by atoms with E-state index in [1.807, 2.05) is 67.1 Å². The summed E-state index contributed by atoms with van der Waals surface area (Å²) in [6, 6.07) is 22.1. The maximum Gasteiger partial charge on any atom is 0.251 e. The molecule has 0 aliphatic heterocycles. The standard InChI is InChI=1S/C28H32N6O/c1-19-10-14-22(15-11-19)29-27(35)20-12-16-23(17-13-20)30-28-31-26-9-5-8-25(34(26)32-28)21-6-4-7-24(18-21)33(2)3/h4-9,12-13,16-19,22H,10-11,14-15H2,1-3H3,(H,29,35)(H,30,32). The molecule has 2 aromatic heterocycles. The molecule has 1 aliphatic rings. The summed E-state index contributed by atoms with van der Waals surface area (Å²) in [6.45, 7) is 2.28. The minimum absolute atomic E-state index is 0.00782. The molecule has 0 saturated heterocycles. The number of benzene rings is 2. The number of hydrogen-bond donors (Lipinski definition) is 2. The number of anilines is 3. The van der Waals surface area contributed by atoms with E-state index in [-0.39, 0.29) is 11.9 Å². The van der Waals surface area contributed by atoms with Crippen LogP contribution in [-0.2, 0) is 0 Å². The SMILES string of the molecule is CC1CCC(NC(=O)c2ccc(Nc3nc4cccc(-c5cccc(N(C)C)c5)n4n3)cc2)CC1. The monoisotopic (exact) mass is 468 g/mol. The van der Waals surface area contributed by atoms with Crippen molar-refractivity contribution in [3.05, 3.63) is 72.3 Å². The van der Waals surface area contributed by atoms with Crippen molar-refractivity contribution in [2.24, 2.45) is 5.92 Å². The number of hydrogen-bond acceptors (Lipinski definition) is 5. The molecule has 1 saturated carbocycles. The fraction of sp³-hybridized carbons (Fsp3) is 0.321. The van der Waals surface area contributed by atoms with E-state index in [1.165, 1.54) is 12.8 Å². The lowest BCUT2D eigenvalue weighted by Crippen LogP contribution is -2.37. The normalized spacial score (nSPS) is 17.8. The topological polar surface area (TPSA) is 74.6 Å². The minimum Gasteiger partial charge on any atom is -0.378 e. The Labute approximate surface area is 206 Å². The van der Waals surface area contributed by atoms with Crippen molar-refractivity contribution < 1.29 is 4.79 Å². The molecule has 0 radical (unpaired) electrons. The van der Waals surface area contributed by atoms with Crippen molar-refractivity contribution in [1.82, 2.24) is 19.9 Å². The number of carbonyl (C=O) groups excluding carboxylic acids is 1. The second kappa shape index (κ2) is 9.78. The molecule has 7 nitrogen and oxygen atoms in total. The van der Waals surface area contributed by atoms with Gasteiger partial charge in [-0.3, -0.25) is 4.79 Å². The molecule has 7 heteroatoms. The van der Waals surface area contributed by atoms with Crippen LogP contribution in [0.3, 0.4) is 0 Å². The van der Waals surface area contributed by atoms with Crippen molar-refractivity contribution in [3.63, 3.8) is 0 Å². The smallest absolute Gasteiger partial charge is 0.251 e. The van der Waals surface area contributed by atoms with Crippen molar-refractivity contribution in [2.75, 3.05) is 24.3 Å². The lowest BCUT2D eigenvalue weighted by Gasteiger charge is -2.26. The lowest BCUT2D eigenvalue weighted by molar-refractivity contribution is 0.0923. The predicted octanol–water partition coefficient (Wildman–Crippen LogP) is 5.51. The van der Waals surface area contributed by atoms with Gasteiger partial charge in [-0.15, -0.1) is 5.10 Å². The van der Waals surface area contributed by atoms with Gasteiger partial charge in [-0.05, 0) is 80.1 Å². The zero-order chi connectivity index (χ0) is 24.4. The molecule has 0 spiro atoms. The molecule has 0 unspecified atom stereocenters. The molecule has 0 bridgehead atoms. The number of amides is 1. The van der Waals surface area contributed by atoms with Gasteiger partial charge in [0.25, 0.3) is 5.91 Å². The van der Waals surface area contributed by atoms with Gasteiger partial charge in [0.1, 0.15) is 0 Å². The first-order chi connectivity index (χ1) is 17.0. The highest BCUT2D eigenvalue weighted by Gasteiger charge is 2.20.